The molecule has 15 radical (unpaired) electrons. The molecule has 0 N–H and O–H groups in total. The second-order valence-corrected chi connectivity index (χ2v) is 0. The van der Waals surface area contributed by atoms with Gasteiger partial charge >= 0.3 is 52.8 Å². The van der Waals surface area contributed by atoms with E-state index in [0.29, 0.717) is 0 Å². The molecule has 0 atom stereocenters. The first-order valence-electron chi connectivity index (χ1n) is 0. The summed E-state index contributed by atoms with van der Waals surface area (Å²) in [7, 11) is 0. The van der Waals surface area contributed by atoms with Gasteiger partial charge in [0.15, 0.2) is 0 Å². The molecule has 0 aliphatic rings. The van der Waals surface area contributed by atoms with E-state index < -0.39 is 0 Å². The Morgan fingerprint density at radius 1 is 0.308 bits per heavy atom. The summed E-state index contributed by atoms with van der Waals surface area (Å²) in [5.41, 5.74) is 0. The Morgan fingerprint density at radius 3 is 0.308 bits per heavy atom. The Morgan fingerprint density at radius 2 is 0.308 bits per heavy atom. The standard InChI is InChI=1S/3Co.3Ge.4N.3Si/q;;;3*+4;4*-3;;;. The second kappa shape index (κ2) is 253. The van der Waals surface area contributed by atoms with Gasteiger partial charge in [-0.25, -0.2) is 0 Å². The van der Waals surface area contributed by atoms with Gasteiger partial charge < -0.3 is 24.6 Å². The molecule has 0 bridgehead atoms. The Balaban J connectivity index is 0. The van der Waals surface area contributed by atoms with Crippen LogP contribution >= 0.6 is 0 Å². The van der Waals surface area contributed by atoms with Crippen LogP contribution in [0.4, 0.5) is 0 Å². The maximum absolute atomic E-state index is 0. The topological polar surface area (TPSA) is 122 Å². The van der Waals surface area contributed by atoms with Crippen molar-refractivity contribution in [3.8, 4) is 0 Å². The van der Waals surface area contributed by atoms with Crippen LogP contribution in [-0.4, -0.2) is 85.7 Å². The number of nitrogens with zero attached hydrogens (tertiary/aromatic N) is 4. The molecule has 0 aromatic rings. The van der Waals surface area contributed by atoms with Crippen molar-refractivity contribution in [1.29, 1.82) is 0 Å². The summed E-state index contributed by atoms with van der Waals surface area (Å²) in [5.74, 6) is 0. The van der Waals surface area contributed by atoms with Crippen LogP contribution in [0.2, 0.25) is 0 Å². The van der Waals surface area contributed by atoms with Crippen molar-refractivity contribution in [3.63, 3.8) is 0 Å². The first-order valence-corrected chi connectivity index (χ1v) is 0. The molecule has 0 amide bonds. The molecule has 0 saturated heterocycles. The van der Waals surface area contributed by atoms with Gasteiger partial charge in [-0.1, -0.05) is 0 Å². The number of hydrogen-bond donors (Lipinski definition) is 0. The van der Waals surface area contributed by atoms with E-state index in [0.717, 1.165) is 0 Å². The summed E-state index contributed by atoms with van der Waals surface area (Å²) in [4.78, 5) is 0. The molecule has 0 aromatic carbocycles. The third kappa shape index (κ3) is 220. The minimum atomic E-state index is 0. The van der Waals surface area contributed by atoms with Crippen LogP contribution in [0.1, 0.15) is 0 Å². The molecule has 0 saturated carbocycles. The van der Waals surface area contributed by atoms with E-state index in [1.165, 1.54) is 0 Å². The summed E-state index contributed by atoms with van der Waals surface area (Å²) in [6, 6.07) is 0. The smallest absolute Gasteiger partial charge is 3.00 e. The SMILES string of the molecule is [Co].[Co].[Co].[Ge+4].[Ge+4].[Ge+4].[N-3].[N-3].[N-3].[N-3].[Si].[Si].[Si]. The van der Waals surface area contributed by atoms with Gasteiger partial charge in [-0.15, -0.1) is 0 Å². The van der Waals surface area contributed by atoms with Crippen molar-refractivity contribution < 1.29 is 50.3 Å². The molecule has 13 heavy (non-hydrogen) atoms. The van der Waals surface area contributed by atoms with Crippen molar-refractivity contribution in [1.82, 2.24) is 0 Å². The first-order chi connectivity index (χ1) is 0. The van der Waals surface area contributed by atoms with Crippen LogP contribution in [0, 0.1) is 0 Å². The van der Waals surface area contributed by atoms with Gasteiger partial charge in [0, 0.05) is 83.2 Å². The van der Waals surface area contributed by atoms with Gasteiger partial charge in [0.2, 0.25) is 0 Å². The van der Waals surface area contributed by atoms with Gasteiger partial charge in [0.1, 0.15) is 0 Å². The fraction of sp³-hybridized carbons (Fsp3) is 0. The summed E-state index contributed by atoms with van der Waals surface area (Å²) in [6.07, 6.45) is 0. The zero-order valence-electron chi connectivity index (χ0n) is 5.79. The van der Waals surface area contributed by atoms with Gasteiger partial charge in [-0.3, -0.25) is 0 Å². The van der Waals surface area contributed by atoms with Crippen LogP contribution < -0.4 is 0 Å². The van der Waals surface area contributed by atoms with Crippen molar-refractivity contribution in [3.05, 3.63) is 24.6 Å². The monoisotopic (exact) mass is 539 g/mol. The molecule has 4 nitrogen and oxygen atoms in total. The van der Waals surface area contributed by atoms with Crippen molar-refractivity contribution >= 4 is 85.7 Å². The van der Waals surface area contributed by atoms with Crippen molar-refractivity contribution in [2.75, 3.05) is 0 Å². The molecule has 0 spiro atoms. The summed E-state index contributed by atoms with van der Waals surface area (Å²) >= 11 is 0. The summed E-state index contributed by atoms with van der Waals surface area (Å²) < 4.78 is 0. The normalized spacial score (nSPS) is 0. The third-order valence-corrected chi connectivity index (χ3v) is 0. The van der Waals surface area contributed by atoms with E-state index in [4.69, 9.17) is 0 Å². The fourth-order valence-corrected chi connectivity index (χ4v) is 0. The zero-order valence-corrected chi connectivity index (χ0v) is 18.2. The van der Waals surface area contributed by atoms with E-state index in [-0.39, 0.29) is 161 Å². The minimum Gasteiger partial charge on any atom is -3.00 e. The Labute approximate surface area is 158 Å². The molecule has 0 rings (SSSR count). The van der Waals surface area contributed by atoms with Gasteiger partial charge in [0.05, 0.1) is 0 Å². The van der Waals surface area contributed by atoms with E-state index in [2.05, 4.69) is 0 Å². The third-order valence-electron chi connectivity index (χ3n) is 0. The van der Waals surface area contributed by atoms with Crippen LogP contribution in [0.5, 0.6) is 0 Å². The molecule has 71 valence electrons. The Bertz CT molecular complexity index is 25.8. The maximum atomic E-state index is 0. The van der Waals surface area contributed by atoms with Crippen LogP contribution in [-0.2, 0) is 50.3 Å². The van der Waals surface area contributed by atoms with E-state index >= 15 is 0 Å². The summed E-state index contributed by atoms with van der Waals surface area (Å²) in [6.45, 7) is 0. The molecule has 0 fully saturated rings. The largest absolute Gasteiger partial charge is 4.00 e. The van der Waals surface area contributed by atoms with E-state index in [1.54, 1.807) is 0 Å². The van der Waals surface area contributed by atoms with E-state index in [1.807, 2.05) is 0 Å². The van der Waals surface area contributed by atoms with Gasteiger partial charge in [-0.2, -0.15) is 0 Å². The van der Waals surface area contributed by atoms with Crippen LogP contribution in [0.15, 0.2) is 0 Å². The quantitative estimate of drug-likeness (QED) is 0.349. The van der Waals surface area contributed by atoms with Gasteiger partial charge in [0.25, 0.3) is 0 Å². The van der Waals surface area contributed by atoms with Gasteiger partial charge in [-0.05, 0) is 0 Å². The predicted molar refractivity (Wildman–Crippen MR) is 48.0 cm³/mol. The Hall–Kier alpha value is 3.64. The molecular formula is Co3Ge3N4Si3. The first kappa shape index (κ1) is 307. The molecule has 0 unspecified atom stereocenters. The average molecular weight is 535 g/mol. The molecular weight excluding hydrogens is 535 g/mol. The minimum absolute atomic E-state index is 0. The predicted octanol–water partition coefficient (Wildman–Crippen LogP) is -1.14. The molecule has 0 heterocycles. The van der Waals surface area contributed by atoms with E-state index in [9.17, 15) is 0 Å². The molecule has 0 aromatic heterocycles. The molecule has 13 heteroatoms. The van der Waals surface area contributed by atoms with Crippen LogP contribution in [0.3, 0.4) is 0 Å². The average Bonchev–Trinajstić information content (AvgIpc) is 0. The molecule has 0 aliphatic heterocycles. The fourth-order valence-electron chi connectivity index (χ4n) is 0. The Kier molecular flexibility index (Phi) is 5980. The molecule has 0 aliphatic carbocycles. The van der Waals surface area contributed by atoms with Crippen LogP contribution in [0.25, 0.3) is 24.6 Å². The second-order valence-electron chi connectivity index (χ2n) is 0. The summed E-state index contributed by atoms with van der Waals surface area (Å²) in [5, 5.41) is 0. The zero-order chi connectivity index (χ0) is 0. The number of hydrogen-bond acceptors (Lipinski definition) is 0. The van der Waals surface area contributed by atoms with Crippen molar-refractivity contribution in [2.45, 2.75) is 0 Å². The maximum Gasteiger partial charge on any atom is 4.00 e. The van der Waals surface area contributed by atoms with Crippen molar-refractivity contribution in [2.24, 2.45) is 0 Å². The number of rotatable bonds is 0.